The quantitative estimate of drug-likeness (QED) is 0.905. The van der Waals surface area contributed by atoms with E-state index in [1.807, 2.05) is 34.5 Å². The summed E-state index contributed by atoms with van der Waals surface area (Å²) in [7, 11) is 0. The molecule has 0 aliphatic carbocycles. The normalized spacial score (nSPS) is 23.8. The van der Waals surface area contributed by atoms with Crippen LogP contribution in [0.2, 0.25) is 5.02 Å². The largest absolute Gasteiger partial charge is 0.336 e. The van der Waals surface area contributed by atoms with Gasteiger partial charge in [0.15, 0.2) is 0 Å². The predicted octanol–water partition coefficient (Wildman–Crippen LogP) is 3.43. The minimum Gasteiger partial charge on any atom is -0.336 e. The fraction of sp³-hybridized carbons (Fsp3) is 0.412. The van der Waals surface area contributed by atoms with E-state index in [-0.39, 0.29) is 5.91 Å². The van der Waals surface area contributed by atoms with Gasteiger partial charge in [0.25, 0.3) is 5.91 Å². The number of benzene rings is 1. The minimum atomic E-state index is 0.0360. The Balaban J connectivity index is 1.54. The molecule has 2 fully saturated rings. The van der Waals surface area contributed by atoms with Gasteiger partial charge in [0.1, 0.15) is 10.7 Å². The Bertz CT molecular complexity index is 732. The number of hydrogen-bond donors (Lipinski definition) is 1. The van der Waals surface area contributed by atoms with E-state index in [0.29, 0.717) is 22.8 Å². The Morgan fingerprint density at radius 1 is 1.26 bits per heavy atom. The van der Waals surface area contributed by atoms with Crippen LogP contribution in [0.3, 0.4) is 0 Å². The van der Waals surface area contributed by atoms with Crippen LogP contribution in [0, 0.1) is 0 Å². The van der Waals surface area contributed by atoms with Gasteiger partial charge in [0, 0.05) is 36.1 Å². The number of hydrogen-bond acceptors (Lipinski definition) is 4. The summed E-state index contributed by atoms with van der Waals surface area (Å²) in [5.74, 6) is 0.0360. The first-order chi connectivity index (χ1) is 11.2. The first kappa shape index (κ1) is 15.1. The van der Waals surface area contributed by atoms with Crippen LogP contribution in [0.4, 0.5) is 0 Å². The Hall–Kier alpha value is -1.43. The average molecular weight is 348 g/mol. The zero-order valence-corrected chi connectivity index (χ0v) is 14.2. The molecule has 2 aliphatic rings. The topological polar surface area (TPSA) is 45.2 Å². The maximum absolute atomic E-state index is 12.8. The Morgan fingerprint density at radius 2 is 2.09 bits per heavy atom. The van der Waals surface area contributed by atoms with E-state index in [4.69, 9.17) is 11.6 Å². The lowest BCUT2D eigenvalue weighted by Gasteiger charge is -2.23. The number of aromatic nitrogens is 1. The molecule has 4 rings (SSSR count). The lowest BCUT2D eigenvalue weighted by atomic mass is 10.1. The van der Waals surface area contributed by atoms with Crippen LogP contribution in [0.5, 0.6) is 0 Å². The third-order valence-electron chi connectivity index (χ3n) is 4.64. The Labute approximate surface area is 144 Å². The molecule has 6 heteroatoms. The van der Waals surface area contributed by atoms with E-state index >= 15 is 0 Å². The molecular formula is C17H18ClN3OS. The minimum absolute atomic E-state index is 0.0360. The van der Waals surface area contributed by atoms with Gasteiger partial charge in [0.05, 0.1) is 5.02 Å². The van der Waals surface area contributed by atoms with Crippen molar-refractivity contribution in [2.75, 3.05) is 13.1 Å². The van der Waals surface area contributed by atoms with Gasteiger partial charge < -0.3 is 10.2 Å². The summed E-state index contributed by atoms with van der Waals surface area (Å²) in [4.78, 5) is 19.2. The third-order valence-corrected chi connectivity index (χ3v) is 5.84. The molecule has 2 aliphatic heterocycles. The Morgan fingerprint density at radius 3 is 2.96 bits per heavy atom. The highest BCUT2D eigenvalue weighted by molar-refractivity contribution is 7.13. The van der Waals surface area contributed by atoms with Crippen LogP contribution < -0.4 is 5.32 Å². The predicted molar refractivity (Wildman–Crippen MR) is 93.0 cm³/mol. The fourth-order valence-corrected chi connectivity index (χ4v) is 4.53. The average Bonchev–Trinajstić information content (AvgIpc) is 3.14. The van der Waals surface area contributed by atoms with Crippen LogP contribution in [0.1, 0.15) is 29.8 Å². The number of rotatable bonds is 2. The molecule has 2 atom stereocenters. The van der Waals surface area contributed by atoms with Gasteiger partial charge in [-0.3, -0.25) is 4.79 Å². The molecule has 4 nitrogen and oxygen atoms in total. The highest BCUT2D eigenvalue weighted by Crippen LogP contribution is 2.30. The van der Waals surface area contributed by atoms with Crippen molar-refractivity contribution >= 4 is 28.8 Å². The number of nitrogens with zero attached hydrogens (tertiary/aromatic N) is 2. The molecule has 3 heterocycles. The van der Waals surface area contributed by atoms with Gasteiger partial charge in [-0.2, -0.15) is 0 Å². The smallest absolute Gasteiger partial charge is 0.273 e. The third kappa shape index (κ3) is 3.01. The molecule has 1 aromatic heterocycles. The van der Waals surface area contributed by atoms with Gasteiger partial charge in [-0.05, 0) is 25.3 Å². The number of fused-ring (bicyclic) bond motifs is 2. The number of halogens is 1. The summed E-state index contributed by atoms with van der Waals surface area (Å²) < 4.78 is 0. The second kappa shape index (κ2) is 6.23. The zero-order valence-electron chi connectivity index (χ0n) is 12.7. The summed E-state index contributed by atoms with van der Waals surface area (Å²) in [6.07, 6.45) is 3.43. The molecule has 0 radical (unpaired) electrons. The lowest BCUT2D eigenvalue weighted by Crippen LogP contribution is -2.39. The van der Waals surface area contributed by atoms with Crippen molar-refractivity contribution in [3.05, 3.63) is 40.4 Å². The number of likely N-dealkylation sites (tertiary alicyclic amines) is 1. The van der Waals surface area contributed by atoms with Crippen molar-refractivity contribution in [2.24, 2.45) is 0 Å². The van der Waals surface area contributed by atoms with Crippen LogP contribution in [-0.4, -0.2) is 41.0 Å². The van der Waals surface area contributed by atoms with Gasteiger partial charge >= 0.3 is 0 Å². The van der Waals surface area contributed by atoms with Crippen molar-refractivity contribution in [2.45, 2.75) is 31.3 Å². The monoisotopic (exact) mass is 347 g/mol. The van der Waals surface area contributed by atoms with Crippen molar-refractivity contribution in [3.63, 3.8) is 0 Å². The first-order valence-electron chi connectivity index (χ1n) is 7.96. The van der Waals surface area contributed by atoms with Crippen molar-refractivity contribution < 1.29 is 4.79 Å². The van der Waals surface area contributed by atoms with Gasteiger partial charge in [0.2, 0.25) is 0 Å². The zero-order chi connectivity index (χ0) is 15.8. The molecule has 1 aromatic carbocycles. The van der Waals surface area contributed by atoms with Crippen LogP contribution in [0.25, 0.3) is 10.6 Å². The molecular weight excluding hydrogens is 330 g/mol. The van der Waals surface area contributed by atoms with E-state index in [0.717, 1.165) is 36.5 Å². The summed E-state index contributed by atoms with van der Waals surface area (Å²) in [5.41, 5.74) is 1.41. The summed E-state index contributed by atoms with van der Waals surface area (Å²) in [5, 5.41) is 6.91. The highest BCUT2D eigenvalue weighted by Gasteiger charge is 2.32. The fourth-order valence-electron chi connectivity index (χ4n) is 3.42. The van der Waals surface area contributed by atoms with Gasteiger partial charge in [-0.15, -0.1) is 11.3 Å². The van der Waals surface area contributed by atoms with Crippen LogP contribution >= 0.6 is 22.9 Å². The van der Waals surface area contributed by atoms with Crippen molar-refractivity contribution in [1.29, 1.82) is 0 Å². The summed E-state index contributed by atoms with van der Waals surface area (Å²) in [6.45, 7) is 1.60. The van der Waals surface area contributed by atoms with Crippen molar-refractivity contribution in [3.8, 4) is 10.6 Å². The number of amides is 1. The van der Waals surface area contributed by atoms with Crippen molar-refractivity contribution in [1.82, 2.24) is 15.2 Å². The van der Waals surface area contributed by atoms with Crippen LogP contribution in [-0.2, 0) is 0 Å². The molecule has 0 saturated carbocycles. The van der Waals surface area contributed by atoms with Gasteiger partial charge in [-0.1, -0.05) is 29.8 Å². The molecule has 1 N–H and O–H groups in total. The van der Waals surface area contributed by atoms with Crippen LogP contribution in [0.15, 0.2) is 29.6 Å². The van der Waals surface area contributed by atoms with E-state index in [1.54, 1.807) is 0 Å². The molecule has 1 amide bonds. The number of thiazole rings is 1. The molecule has 0 spiro atoms. The SMILES string of the molecule is O=C(c1csc(-c2ccccc2Cl)n1)N1CCC2CCC(C1)N2. The highest BCUT2D eigenvalue weighted by atomic mass is 35.5. The molecule has 23 heavy (non-hydrogen) atoms. The number of nitrogens with one attached hydrogen (secondary N) is 1. The standard InChI is InChI=1S/C17H18ClN3OS/c18-14-4-2-1-3-13(14)16-20-15(10-23-16)17(22)21-8-7-11-5-6-12(9-21)19-11/h1-4,10-12,19H,5-9H2. The lowest BCUT2D eigenvalue weighted by molar-refractivity contribution is 0.0743. The van der Waals surface area contributed by atoms with E-state index in [2.05, 4.69) is 10.3 Å². The number of carbonyl (C=O) groups is 1. The molecule has 2 unspecified atom stereocenters. The second-order valence-corrected chi connectivity index (χ2v) is 7.46. The molecule has 2 bridgehead atoms. The molecule has 2 saturated heterocycles. The number of carbonyl (C=O) groups excluding carboxylic acids is 1. The van der Waals surface area contributed by atoms with Gasteiger partial charge in [-0.25, -0.2) is 4.98 Å². The first-order valence-corrected chi connectivity index (χ1v) is 9.22. The summed E-state index contributed by atoms with van der Waals surface area (Å²) in [6, 6.07) is 8.62. The molecule has 2 aromatic rings. The second-order valence-electron chi connectivity index (χ2n) is 6.20. The maximum atomic E-state index is 12.8. The summed E-state index contributed by atoms with van der Waals surface area (Å²) >= 11 is 7.69. The molecule has 120 valence electrons. The van der Waals surface area contributed by atoms with E-state index in [9.17, 15) is 4.79 Å². The van der Waals surface area contributed by atoms with E-state index < -0.39 is 0 Å². The Kier molecular flexibility index (Phi) is 4.09. The van der Waals surface area contributed by atoms with E-state index in [1.165, 1.54) is 17.8 Å². The maximum Gasteiger partial charge on any atom is 0.273 e.